The summed E-state index contributed by atoms with van der Waals surface area (Å²) in [5.74, 6) is -0.182. The Hall–Kier alpha value is -2.24. The second kappa shape index (κ2) is 7.11. The molecule has 24 heavy (non-hydrogen) atoms. The van der Waals surface area contributed by atoms with Crippen LogP contribution in [0.3, 0.4) is 0 Å². The van der Waals surface area contributed by atoms with E-state index >= 15 is 0 Å². The zero-order valence-electron chi connectivity index (χ0n) is 13.6. The summed E-state index contributed by atoms with van der Waals surface area (Å²) < 4.78 is 0. The fourth-order valence-electron chi connectivity index (χ4n) is 2.77. The smallest absolute Gasteiger partial charge is 0.255 e. The number of hydrogen-bond donors (Lipinski definition) is 2. The number of carbonyl (C=O) groups is 1. The van der Waals surface area contributed by atoms with Crippen molar-refractivity contribution in [2.45, 2.75) is 0 Å². The maximum Gasteiger partial charge on any atom is 0.255 e. The molecule has 1 aliphatic rings. The van der Waals surface area contributed by atoms with Gasteiger partial charge in [-0.15, -0.1) is 0 Å². The summed E-state index contributed by atoms with van der Waals surface area (Å²) in [6.45, 7) is 3.96. The first kappa shape index (κ1) is 16.6. The first-order valence-electron chi connectivity index (χ1n) is 7.93. The number of nitrogens with one attached hydrogen (secondary N) is 1. The van der Waals surface area contributed by atoms with Crippen LogP contribution >= 0.6 is 11.6 Å². The molecule has 0 saturated carbocycles. The van der Waals surface area contributed by atoms with Crippen molar-refractivity contribution >= 4 is 34.6 Å². The average Bonchev–Trinajstić information content (AvgIpc) is 2.57. The largest absolute Gasteiger partial charge is 0.397 e. The number of likely N-dealkylation sites (N-methyl/N-ethyl adjacent to an activating group) is 1. The molecule has 0 aromatic heterocycles. The molecule has 1 amide bonds. The number of hydrogen-bond acceptors (Lipinski definition) is 4. The van der Waals surface area contributed by atoms with Crippen LogP contribution in [-0.4, -0.2) is 44.0 Å². The molecule has 1 fully saturated rings. The Morgan fingerprint density at radius 2 is 1.75 bits per heavy atom. The third-order valence-corrected chi connectivity index (χ3v) is 4.49. The molecular formula is C18H21ClN4O. The van der Waals surface area contributed by atoms with Crippen LogP contribution in [0, 0.1) is 0 Å². The molecule has 0 unspecified atom stereocenters. The van der Waals surface area contributed by atoms with Gasteiger partial charge in [-0.1, -0.05) is 11.6 Å². The summed E-state index contributed by atoms with van der Waals surface area (Å²) in [4.78, 5) is 16.8. The number of nitrogens with two attached hydrogens (primary N) is 1. The molecule has 126 valence electrons. The monoisotopic (exact) mass is 344 g/mol. The van der Waals surface area contributed by atoms with Gasteiger partial charge >= 0.3 is 0 Å². The predicted molar refractivity (Wildman–Crippen MR) is 100.0 cm³/mol. The maximum atomic E-state index is 12.2. The van der Waals surface area contributed by atoms with Crippen molar-refractivity contribution in [1.82, 2.24) is 4.90 Å². The number of carbonyl (C=O) groups excluding carboxylic acids is 1. The molecule has 0 radical (unpaired) electrons. The number of benzene rings is 2. The molecule has 2 aromatic rings. The van der Waals surface area contributed by atoms with Crippen molar-refractivity contribution in [2.24, 2.45) is 0 Å². The lowest BCUT2D eigenvalue weighted by Gasteiger charge is -2.34. The van der Waals surface area contributed by atoms with Gasteiger partial charge < -0.3 is 20.9 Å². The second-order valence-corrected chi connectivity index (χ2v) is 6.46. The van der Waals surface area contributed by atoms with Crippen molar-refractivity contribution in [1.29, 1.82) is 0 Å². The maximum absolute atomic E-state index is 12.2. The van der Waals surface area contributed by atoms with E-state index in [9.17, 15) is 4.79 Å². The van der Waals surface area contributed by atoms with E-state index in [0.29, 0.717) is 22.0 Å². The highest BCUT2D eigenvalue weighted by molar-refractivity contribution is 6.30. The van der Waals surface area contributed by atoms with E-state index in [1.54, 1.807) is 24.3 Å². The summed E-state index contributed by atoms with van der Waals surface area (Å²) >= 11 is 5.84. The minimum absolute atomic E-state index is 0.182. The molecule has 3 N–H and O–H groups in total. The molecule has 0 spiro atoms. The van der Waals surface area contributed by atoms with Gasteiger partial charge in [0.2, 0.25) is 0 Å². The SMILES string of the molecule is CN1CCN(c2ccc(NC(=O)c3ccc(Cl)cc3)cc2N)CC1. The van der Waals surface area contributed by atoms with E-state index in [4.69, 9.17) is 17.3 Å². The Labute approximate surface area is 147 Å². The van der Waals surface area contributed by atoms with E-state index in [-0.39, 0.29) is 5.91 Å². The number of anilines is 3. The van der Waals surface area contributed by atoms with Gasteiger partial charge in [0.25, 0.3) is 5.91 Å². The second-order valence-electron chi connectivity index (χ2n) is 6.02. The van der Waals surface area contributed by atoms with Crippen molar-refractivity contribution < 1.29 is 4.79 Å². The van der Waals surface area contributed by atoms with Gasteiger partial charge in [-0.3, -0.25) is 4.79 Å². The Morgan fingerprint density at radius 1 is 1.08 bits per heavy atom. The van der Waals surface area contributed by atoms with Crippen LogP contribution in [0.25, 0.3) is 0 Å². The molecule has 6 heteroatoms. The molecule has 5 nitrogen and oxygen atoms in total. The third-order valence-electron chi connectivity index (χ3n) is 4.24. The zero-order chi connectivity index (χ0) is 17.1. The van der Waals surface area contributed by atoms with Crippen LogP contribution < -0.4 is 16.0 Å². The number of halogens is 1. The van der Waals surface area contributed by atoms with E-state index in [0.717, 1.165) is 31.9 Å². The fraction of sp³-hybridized carbons (Fsp3) is 0.278. The van der Waals surface area contributed by atoms with Crippen molar-refractivity contribution in [3.63, 3.8) is 0 Å². The molecule has 1 heterocycles. The lowest BCUT2D eigenvalue weighted by atomic mass is 10.1. The van der Waals surface area contributed by atoms with Gasteiger partial charge in [0, 0.05) is 42.5 Å². The van der Waals surface area contributed by atoms with Gasteiger partial charge in [-0.25, -0.2) is 0 Å². The molecule has 0 aliphatic carbocycles. The molecule has 2 aromatic carbocycles. The van der Waals surface area contributed by atoms with Gasteiger partial charge in [-0.05, 0) is 49.5 Å². The van der Waals surface area contributed by atoms with E-state index < -0.39 is 0 Å². The number of rotatable bonds is 3. The van der Waals surface area contributed by atoms with Crippen LogP contribution in [0.4, 0.5) is 17.1 Å². The van der Waals surface area contributed by atoms with Gasteiger partial charge in [0.15, 0.2) is 0 Å². The van der Waals surface area contributed by atoms with E-state index in [1.807, 2.05) is 18.2 Å². The first-order chi connectivity index (χ1) is 11.5. The van der Waals surface area contributed by atoms with Crippen LogP contribution in [0.15, 0.2) is 42.5 Å². The van der Waals surface area contributed by atoms with Gasteiger partial charge in [0.05, 0.1) is 11.4 Å². The lowest BCUT2D eigenvalue weighted by Crippen LogP contribution is -2.44. The number of nitrogen functional groups attached to an aromatic ring is 1. The van der Waals surface area contributed by atoms with Gasteiger partial charge in [0.1, 0.15) is 0 Å². The highest BCUT2D eigenvalue weighted by Gasteiger charge is 2.16. The topological polar surface area (TPSA) is 61.6 Å². The van der Waals surface area contributed by atoms with Crippen molar-refractivity contribution in [3.05, 3.63) is 53.1 Å². The summed E-state index contributed by atoms with van der Waals surface area (Å²) in [5, 5.41) is 3.47. The van der Waals surface area contributed by atoms with Crippen molar-refractivity contribution in [3.8, 4) is 0 Å². The quantitative estimate of drug-likeness (QED) is 0.840. The minimum Gasteiger partial charge on any atom is -0.397 e. The highest BCUT2D eigenvalue weighted by Crippen LogP contribution is 2.27. The first-order valence-corrected chi connectivity index (χ1v) is 8.30. The summed E-state index contributed by atoms with van der Waals surface area (Å²) in [7, 11) is 2.12. The average molecular weight is 345 g/mol. The minimum atomic E-state index is -0.182. The highest BCUT2D eigenvalue weighted by atomic mass is 35.5. The predicted octanol–water partition coefficient (Wildman–Crippen LogP) is 2.93. The zero-order valence-corrected chi connectivity index (χ0v) is 14.4. The van der Waals surface area contributed by atoms with Crippen LogP contribution in [0.1, 0.15) is 10.4 Å². The fourth-order valence-corrected chi connectivity index (χ4v) is 2.90. The van der Waals surface area contributed by atoms with E-state index in [1.165, 1.54) is 0 Å². The summed E-state index contributed by atoms with van der Waals surface area (Å²) in [6, 6.07) is 12.4. The molecule has 1 saturated heterocycles. The van der Waals surface area contributed by atoms with E-state index in [2.05, 4.69) is 22.2 Å². The molecule has 1 aliphatic heterocycles. The summed E-state index contributed by atoms with van der Waals surface area (Å²) in [6.07, 6.45) is 0. The summed E-state index contributed by atoms with van der Waals surface area (Å²) in [5.41, 5.74) is 9.13. The Balaban J connectivity index is 1.70. The molecule has 3 rings (SSSR count). The Morgan fingerprint density at radius 3 is 2.38 bits per heavy atom. The number of piperazine rings is 1. The molecular weight excluding hydrogens is 324 g/mol. The molecule has 0 atom stereocenters. The Kier molecular flexibility index (Phi) is 4.92. The third kappa shape index (κ3) is 3.80. The standard InChI is InChI=1S/C18H21ClN4O/c1-22-8-10-23(11-9-22)17-7-6-15(12-16(17)20)21-18(24)13-2-4-14(19)5-3-13/h2-7,12H,8-11,20H2,1H3,(H,21,24). The van der Waals surface area contributed by atoms with Crippen LogP contribution in [-0.2, 0) is 0 Å². The number of amides is 1. The Bertz CT molecular complexity index is 724. The van der Waals surface area contributed by atoms with Crippen molar-refractivity contribution in [2.75, 3.05) is 49.2 Å². The number of nitrogens with zero attached hydrogens (tertiary/aromatic N) is 2. The van der Waals surface area contributed by atoms with Crippen LogP contribution in [0.5, 0.6) is 0 Å². The van der Waals surface area contributed by atoms with Gasteiger partial charge in [-0.2, -0.15) is 0 Å². The normalized spacial score (nSPS) is 15.3. The lowest BCUT2D eigenvalue weighted by molar-refractivity contribution is 0.102. The molecule has 0 bridgehead atoms. The van der Waals surface area contributed by atoms with Crippen LogP contribution in [0.2, 0.25) is 5.02 Å².